The van der Waals surface area contributed by atoms with Crippen molar-refractivity contribution < 1.29 is 9.53 Å². The van der Waals surface area contributed by atoms with Crippen molar-refractivity contribution in [2.45, 2.75) is 25.7 Å². The molecule has 1 spiro atoms. The lowest BCUT2D eigenvalue weighted by Crippen LogP contribution is -2.47. The Balaban J connectivity index is 1.40. The standard InChI is InChI=1S/C17H24N2O2/c20-16-17(8-4-10-18-16)9-12-19(14-17)11-5-13-21-15-6-2-1-3-7-15/h1-3,6-7H,4-5,8-14H2,(H,18,20). The Hall–Kier alpha value is -1.55. The van der Waals surface area contributed by atoms with Crippen molar-refractivity contribution in [2.24, 2.45) is 5.41 Å². The van der Waals surface area contributed by atoms with Crippen LogP contribution in [-0.2, 0) is 4.79 Å². The monoisotopic (exact) mass is 288 g/mol. The van der Waals surface area contributed by atoms with Gasteiger partial charge in [-0.3, -0.25) is 4.79 Å². The number of amides is 1. The second kappa shape index (κ2) is 6.48. The molecule has 0 bridgehead atoms. The molecule has 1 N–H and O–H groups in total. The van der Waals surface area contributed by atoms with Gasteiger partial charge in [-0.15, -0.1) is 0 Å². The highest BCUT2D eigenvalue weighted by molar-refractivity contribution is 5.83. The summed E-state index contributed by atoms with van der Waals surface area (Å²) >= 11 is 0. The average molecular weight is 288 g/mol. The normalized spacial score (nSPS) is 26.0. The van der Waals surface area contributed by atoms with E-state index in [9.17, 15) is 4.79 Å². The second-order valence-electron chi connectivity index (χ2n) is 6.18. The zero-order valence-corrected chi connectivity index (χ0v) is 12.5. The van der Waals surface area contributed by atoms with Gasteiger partial charge in [-0.2, -0.15) is 0 Å². The van der Waals surface area contributed by atoms with E-state index < -0.39 is 0 Å². The fraction of sp³-hybridized carbons (Fsp3) is 0.588. The Morgan fingerprint density at radius 3 is 2.90 bits per heavy atom. The number of ether oxygens (including phenoxy) is 1. The van der Waals surface area contributed by atoms with Crippen LogP contribution in [0.15, 0.2) is 30.3 Å². The summed E-state index contributed by atoms with van der Waals surface area (Å²) in [6, 6.07) is 9.93. The number of rotatable bonds is 5. The summed E-state index contributed by atoms with van der Waals surface area (Å²) in [7, 11) is 0. The molecule has 0 saturated carbocycles. The van der Waals surface area contributed by atoms with Crippen LogP contribution in [0.1, 0.15) is 25.7 Å². The highest BCUT2D eigenvalue weighted by atomic mass is 16.5. The molecule has 2 heterocycles. The van der Waals surface area contributed by atoms with E-state index in [0.717, 1.165) is 64.2 Å². The third-order valence-electron chi connectivity index (χ3n) is 4.66. The molecule has 4 nitrogen and oxygen atoms in total. The van der Waals surface area contributed by atoms with Crippen LogP contribution in [-0.4, -0.2) is 43.6 Å². The van der Waals surface area contributed by atoms with E-state index in [1.54, 1.807) is 0 Å². The number of piperidine rings is 1. The summed E-state index contributed by atoms with van der Waals surface area (Å²) in [5.41, 5.74) is -0.0987. The molecule has 1 aromatic carbocycles. The van der Waals surface area contributed by atoms with E-state index >= 15 is 0 Å². The maximum Gasteiger partial charge on any atom is 0.227 e. The molecular weight excluding hydrogens is 264 g/mol. The first-order valence-electron chi connectivity index (χ1n) is 7.97. The number of para-hydroxylation sites is 1. The minimum absolute atomic E-state index is 0.0987. The lowest BCUT2D eigenvalue weighted by atomic mass is 9.79. The van der Waals surface area contributed by atoms with Crippen molar-refractivity contribution in [2.75, 3.05) is 32.8 Å². The molecule has 1 unspecified atom stereocenters. The Kier molecular flexibility index (Phi) is 4.44. The molecule has 4 heteroatoms. The van der Waals surface area contributed by atoms with Gasteiger partial charge in [-0.1, -0.05) is 18.2 Å². The number of nitrogens with zero attached hydrogens (tertiary/aromatic N) is 1. The van der Waals surface area contributed by atoms with E-state index in [-0.39, 0.29) is 11.3 Å². The quantitative estimate of drug-likeness (QED) is 0.843. The van der Waals surface area contributed by atoms with Gasteiger partial charge >= 0.3 is 0 Å². The Labute approximate surface area is 126 Å². The molecule has 2 aliphatic heterocycles. The summed E-state index contributed by atoms with van der Waals surface area (Å²) in [6.07, 6.45) is 4.19. The van der Waals surface area contributed by atoms with Gasteiger partial charge < -0.3 is 15.0 Å². The van der Waals surface area contributed by atoms with E-state index in [0.29, 0.717) is 0 Å². The molecule has 1 amide bonds. The molecule has 2 aliphatic rings. The van der Waals surface area contributed by atoms with Crippen LogP contribution in [0.2, 0.25) is 0 Å². The molecule has 1 aromatic rings. The van der Waals surface area contributed by atoms with Crippen LogP contribution >= 0.6 is 0 Å². The predicted molar refractivity (Wildman–Crippen MR) is 82.3 cm³/mol. The fourth-order valence-electron chi connectivity index (χ4n) is 3.46. The molecule has 0 aliphatic carbocycles. The van der Waals surface area contributed by atoms with Gasteiger partial charge in [0.25, 0.3) is 0 Å². The smallest absolute Gasteiger partial charge is 0.227 e. The molecular formula is C17H24N2O2. The first-order valence-corrected chi connectivity index (χ1v) is 7.97. The molecule has 2 fully saturated rings. The zero-order chi connectivity index (χ0) is 14.5. The largest absolute Gasteiger partial charge is 0.494 e. The maximum atomic E-state index is 12.1. The number of carbonyl (C=O) groups excluding carboxylic acids is 1. The van der Waals surface area contributed by atoms with Gasteiger partial charge in [-0.05, 0) is 44.4 Å². The zero-order valence-electron chi connectivity index (χ0n) is 12.5. The van der Waals surface area contributed by atoms with Gasteiger partial charge in [0.2, 0.25) is 5.91 Å². The van der Waals surface area contributed by atoms with Crippen LogP contribution in [0.25, 0.3) is 0 Å². The lowest BCUT2D eigenvalue weighted by molar-refractivity contribution is -0.132. The first kappa shape index (κ1) is 14.4. The Morgan fingerprint density at radius 2 is 2.10 bits per heavy atom. The van der Waals surface area contributed by atoms with Crippen molar-refractivity contribution in [3.63, 3.8) is 0 Å². The van der Waals surface area contributed by atoms with E-state index in [4.69, 9.17) is 4.74 Å². The predicted octanol–water partition coefficient (Wildman–Crippen LogP) is 2.06. The number of carbonyl (C=O) groups is 1. The lowest BCUT2D eigenvalue weighted by Gasteiger charge is -2.32. The van der Waals surface area contributed by atoms with Crippen LogP contribution in [0.5, 0.6) is 5.75 Å². The minimum atomic E-state index is -0.0987. The van der Waals surface area contributed by atoms with Gasteiger partial charge in [0.1, 0.15) is 5.75 Å². The second-order valence-corrected chi connectivity index (χ2v) is 6.18. The molecule has 21 heavy (non-hydrogen) atoms. The van der Waals surface area contributed by atoms with Gasteiger partial charge in [0.15, 0.2) is 0 Å². The van der Waals surface area contributed by atoms with Crippen LogP contribution in [0.3, 0.4) is 0 Å². The molecule has 3 rings (SSSR count). The first-order chi connectivity index (χ1) is 10.3. The average Bonchev–Trinajstić information content (AvgIpc) is 2.92. The van der Waals surface area contributed by atoms with Gasteiger partial charge in [-0.25, -0.2) is 0 Å². The van der Waals surface area contributed by atoms with Gasteiger partial charge in [0, 0.05) is 19.6 Å². The van der Waals surface area contributed by atoms with Crippen LogP contribution in [0.4, 0.5) is 0 Å². The number of hydrogen-bond donors (Lipinski definition) is 1. The highest BCUT2D eigenvalue weighted by Crippen LogP contribution is 2.37. The summed E-state index contributed by atoms with van der Waals surface area (Å²) in [6.45, 7) is 4.57. The van der Waals surface area contributed by atoms with Crippen molar-refractivity contribution >= 4 is 5.91 Å². The molecule has 2 saturated heterocycles. The van der Waals surface area contributed by atoms with Crippen LogP contribution in [0, 0.1) is 5.41 Å². The van der Waals surface area contributed by atoms with Crippen LogP contribution < -0.4 is 10.1 Å². The fourth-order valence-corrected chi connectivity index (χ4v) is 3.46. The van der Waals surface area contributed by atoms with Crippen molar-refractivity contribution in [3.05, 3.63) is 30.3 Å². The van der Waals surface area contributed by atoms with E-state index in [2.05, 4.69) is 10.2 Å². The molecule has 1 atom stereocenters. The van der Waals surface area contributed by atoms with E-state index in [1.807, 2.05) is 30.3 Å². The Bertz CT molecular complexity index is 477. The van der Waals surface area contributed by atoms with Crippen molar-refractivity contribution in [1.82, 2.24) is 10.2 Å². The number of benzene rings is 1. The summed E-state index contributed by atoms with van der Waals surface area (Å²) in [5, 5.41) is 3.03. The number of likely N-dealkylation sites (tertiary alicyclic amines) is 1. The SMILES string of the molecule is O=C1NCCCC12CCN(CCCOc1ccccc1)C2. The van der Waals surface area contributed by atoms with E-state index in [1.165, 1.54) is 0 Å². The number of nitrogens with one attached hydrogen (secondary N) is 1. The third kappa shape index (κ3) is 3.38. The molecule has 0 aromatic heterocycles. The minimum Gasteiger partial charge on any atom is -0.494 e. The molecule has 114 valence electrons. The summed E-state index contributed by atoms with van der Waals surface area (Å²) in [4.78, 5) is 14.5. The topological polar surface area (TPSA) is 41.6 Å². The van der Waals surface area contributed by atoms with Crippen molar-refractivity contribution in [3.8, 4) is 5.75 Å². The summed E-state index contributed by atoms with van der Waals surface area (Å²) < 4.78 is 5.72. The maximum absolute atomic E-state index is 12.1. The third-order valence-corrected chi connectivity index (χ3v) is 4.66. The highest BCUT2D eigenvalue weighted by Gasteiger charge is 2.45. The van der Waals surface area contributed by atoms with Gasteiger partial charge in [0.05, 0.1) is 12.0 Å². The summed E-state index contributed by atoms with van der Waals surface area (Å²) in [5.74, 6) is 1.21. The Morgan fingerprint density at radius 1 is 1.24 bits per heavy atom. The van der Waals surface area contributed by atoms with Crippen molar-refractivity contribution in [1.29, 1.82) is 0 Å². The number of hydrogen-bond acceptors (Lipinski definition) is 3. The molecule has 0 radical (unpaired) electrons.